The first kappa shape index (κ1) is 5.69. The first-order valence-electron chi connectivity index (χ1n) is 3.75. The molecule has 0 aromatic heterocycles. The maximum atomic E-state index is 9.21. The second-order valence-electron chi connectivity index (χ2n) is 3.30. The normalized spacial score (nSPS) is 43.7. The van der Waals surface area contributed by atoms with E-state index in [0.717, 1.165) is 37.8 Å². The van der Waals surface area contributed by atoms with Gasteiger partial charge in [0.05, 0.1) is 6.10 Å². The molecule has 2 heteroatoms. The first-order valence-corrected chi connectivity index (χ1v) is 3.75. The highest BCUT2D eigenvalue weighted by Gasteiger charge is 2.35. The molecule has 1 saturated heterocycles. The van der Waals surface area contributed by atoms with Crippen LogP contribution in [0.1, 0.15) is 12.8 Å². The Bertz CT molecular complexity index is 103. The molecule has 0 radical (unpaired) electrons. The fraction of sp³-hybridized carbons (Fsp3) is 1.00. The molecule has 1 heterocycles. The average molecular weight is 127 g/mol. The van der Waals surface area contributed by atoms with Gasteiger partial charge in [0.15, 0.2) is 0 Å². The van der Waals surface area contributed by atoms with E-state index >= 15 is 0 Å². The topological polar surface area (TPSA) is 32.3 Å². The van der Waals surface area contributed by atoms with Crippen LogP contribution in [0.4, 0.5) is 0 Å². The van der Waals surface area contributed by atoms with Crippen LogP contribution < -0.4 is 5.32 Å². The molecule has 0 bridgehead atoms. The van der Waals surface area contributed by atoms with Crippen LogP contribution in [0.5, 0.6) is 0 Å². The molecule has 2 atom stereocenters. The molecule has 1 aliphatic carbocycles. The van der Waals surface area contributed by atoms with Gasteiger partial charge in [0.2, 0.25) is 0 Å². The summed E-state index contributed by atoms with van der Waals surface area (Å²) < 4.78 is 0. The Hall–Kier alpha value is -0.0800. The zero-order valence-corrected chi connectivity index (χ0v) is 5.51. The summed E-state index contributed by atoms with van der Waals surface area (Å²) in [7, 11) is 0. The Labute approximate surface area is 55.3 Å². The molecule has 52 valence electrons. The molecular formula is C7H13NO. The van der Waals surface area contributed by atoms with Crippen LogP contribution in [-0.4, -0.2) is 24.3 Å². The number of aliphatic hydroxyl groups excluding tert-OH is 1. The largest absolute Gasteiger partial charge is 0.393 e. The van der Waals surface area contributed by atoms with E-state index in [-0.39, 0.29) is 6.10 Å². The highest BCUT2D eigenvalue weighted by atomic mass is 16.3. The Morgan fingerprint density at radius 1 is 1.11 bits per heavy atom. The molecule has 0 aromatic rings. The van der Waals surface area contributed by atoms with E-state index in [1.807, 2.05) is 0 Å². The van der Waals surface area contributed by atoms with Crippen LogP contribution in [0.3, 0.4) is 0 Å². The smallest absolute Gasteiger partial charge is 0.0546 e. The van der Waals surface area contributed by atoms with Gasteiger partial charge in [-0.1, -0.05) is 0 Å². The third-order valence-corrected chi connectivity index (χ3v) is 2.63. The number of fused-ring (bicyclic) bond motifs is 1. The predicted molar refractivity (Wildman–Crippen MR) is 35.1 cm³/mol. The van der Waals surface area contributed by atoms with Crippen LogP contribution in [0.25, 0.3) is 0 Å². The maximum absolute atomic E-state index is 9.21. The summed E-state index contributed by atoms with van der Waals surface area (Å²) in [5.74, 6) is 1.58. The van der Waals surface area contributed by atoms with Crippen molar-refractivity contribution in [3.05, 3.63) is 0 Å². The van der Waals surface area contributed by atoms with Gasteiger partial charge in [0.25, 0.3) is 0 Å². The molecule has 0 unspecified atom stereocenters. The summed E-state index contributed by atoms with van der Waals surface area (Å²) in [6.45, 7) is 2.28. The minimum atomic E-state index is 0.0158. The third-order valence-electron chi connectivity index (χ3n) is 2.63. The van der Waals surface area contributed by atoms with Gasteiger partial charge < -0.3 is 10.4 Å². The fourth-order valence-electron chi connectivity index (χ4n) is 2.13. The molecule has 1 aliphatic heterocycles. The van der Waals surface area contributed by atoms with Crippen LogP contribution in [0.2, 0.25) is 0 Å². The van der Waals surface area contributed by atoms with Gasteiger partial charge in [-0.15, -0.1) is 0 Å². The molecule has 2 aliphatic rings. The molecule has 2 nitrogen and oxygen atoms in total. The summed E-state index contributed by atoms with van der Waals surface area (Å²) in [5.41, 5.74) is 0. The number of aliphatic hydroxyl groups is 1. The highest BCUT2D eigenvalue weighted by molar-refractivity contribution is 4.90. The summed E-state index contributed by atoms with van der Waals surface area (Å²) in [4.78, 5) is 0. The van der Waals surface area contributed by atoms with Gasteiger partial charge in [0.1, 0.15) is 0 Å². The second kappa shape index (κ2) is 1.96. The van der Waals surface area contributed by atoms with Gasteiger partial charge in [-0.3, -0.25) is 0 Å². The van der Waals surface area contributed by atoms with Crippen molar-refractivity contribution in [2.24, 2.45) is 11.8 Å². The maximum Gasteiger partial charge on any atom is 0.0546 e. The van der Waals surface area contributed by atoms with Gasteiger partial charge >= 0.3 is 0 Å². The standard InChI is InChI=1S/C7H13NO/c9-7-1-5-3-8-4-6(5)2-7/h5-9H,1-4H2/t5-,6-/m0/s1. The summed E-state index contributed by atoms with van der Waals surface area (Å²) >= 11 is 0. The van der Waals surface area contributed by atoms with Crippen molar-refractivity contribution in [1.29, 1.82) is 0 Å². The molecular weight excluding hydrogens is 114 g/mol. The summed E-state index contributed by atoms with van der Waals surface area (Å²) in [6, 6.07) is 0. The third kappa shape index (κ3) is 0.864. The van der Waals surface area contributed by atoms with Gasteiger partial charge in [-0.2, -0.15) is 0 Å². The van der Waals surface area contributed by atoms with Gasteiger partial charge in [-0.25, -0.2) is 0 Å². The van der Waals surface area contributed by atoms with E-state index < -0.39 is 0 Å². The first-order chi connectivity index (χ1) is 4.36. The highest BCUT2D eigenvalue weighted by Crippen LogP contribution is 2.33. The lowest BCUT2D eigenvalue weighted by Crippen LogP contribution is -2.13. The van der Waals surface area contributed by atoms with Gasteiger partial charge in [0, 0.05) is 0 Å². The van der Waals surface area contributed by atoms with Crippen molar-refractivity contribution < 1.29 is 5.11 Å². The monoisotopic (exact) mass is 127 g/mol. The van der Waals surface area contributed by atoms with Crippen molar-refractivity contribution in [1.82, 2.24) is 5.32 Å². The lowest BCUT2D eigenvalue weighted by Gasteiger charge is -2.02. The lowest BCUT2D eigenvalue weighted by molar-refractivity contribution is 0.173. The van der Waals surface area contributed by atoms with Crippen LogP contribution in [0, 0.1) is 11.8 Å². The lowest BCUT2D eigenvalue weighted by atomic mass is 10.0. The van der Waals surface area contributed by atoms with Crippen LogP contribution >= 0.6 is 0 Å². The Morgan fingerprint density at radius 3 is 2.22 bits per heavy atom. The average Bonchev–Trinajstić information content (AvgIpc) is 2.22. The quantitative estimate of drug-likeness (QED) is 0.479. The molecule has 0 spiro atoms. The van der Waals surface area contributed by atoms with Gasteiger partial charge in [-0.05, 0) is 37.8 Å². The number of hydrogen-bond acceptors (Lipinski definition) is 2. The molecule has 9 heavy (non-hydrogen) atoms. The van der Waals surface area contributed by atoms with Crippen molar-refractivity contribution in [2.45, 2.75) is 18.9 Å². The summed E-state index contributed by atoms with van der Waals surface area (Å²) in [5, 5.41) is 12.5. The molecule has 2 N–H and O–H groups in total. The van der Waals surface area contributed by atoms with Crippen molar-refractivity contribution in [2.75, 3.05) is 13.1 Å². The molecule has 0 amide bonds. The SMILES string of the molecule is OC1C[C@H]2CNC[C@@H]2C1. The van der Waals surface area contributed by atoms with E-state index in [1.165, 1.54) is 0 Å². The van der Waals surface area contributed by atoms with Crippen LogP contribution in [-0.2, 0) is 0 Å². The van der Waals surface area contributed by atoms with E-state index in [2.05, 4.69) is 5.32 Å². The minimum absolute atomic E-state index is 0.0158. The van der Waals surface area contributed by atoms with E-state index in [1.54, 1.807) is 0 Å². The Balaban J connectivity index is 2.02. The van der Waals surface area contributed by atoms with E-state index in [0.29, 0.717) is 0 Å². The van der Waals surface area contributed by atoms with Crippen LogP contribution in [0.15, 0.2) is 0 Å². The number of rotatable bonds is 0. The van der Waals surface area contributed by atoms with E-state index in [9.17, 15) is 5.11 Å². The van der Waals surface area contributed by atoms with E-state index in [4.69, 9.17) is 0 Å². The number of nitrogens with one attached hydrogen (secondary N) is 1. The molecule has 2 fully saturated rings. The van der Waals surface area contributed by atoms with Crippen molar-refractivity contribution in [3.63, 3.8) is 0 Å². The Kier molecular flexibility index (Phi) is 1.24. The molecule has 0 aromatic carbocycles. The zero-order chi connectivity index (χ0) is 6.27. The van der Waals surface area contributed by atoms with Crippen molar-refractivity contribution in [3.8, 4) is 0 Å². The zero-order valence-electron chi connectivity index (χ0n) is 5.51. The minimum Gasteiger partial charge on any atom is -0.393 e. The Morgan fingerprint density at radius 2 is 1.67 bits per heavy atom. The van der Waals surface area contributed by atoms with Crippen molar-refractivity contribution >= 4 is 0 Å². The summed E-state index contributed by atoms with van der Waals surface area (Å²) in [6.07, 6.45) is 2.09. The second-order valence-corrected chi connectivity index (χ2v) is 3.30. The molecule has 2 rings (SSSR count). The number of hydrogen-bond donors (Lipinski definition) is 2. The predicted octanol–water partition coefficient (Wildman–Crippen LogP) is -0.0233. The fourth-order valence-corrected chi connectivity index (χ4v) is 2.13. The molecule has 1 saturated carbocycles.